The molecule has 2 aromatic rings. The summed E-state index contributed by atoms with van der Waals surface area (Å²) in [6.45, 7) is 3.34. The van der Waals surface area contributed by atoms with Crippen molar-refractivity contribution < 1.29 is 9.59 Å². The first-order valence-electron chi connectivity index (χ1n) is 8.74. The Labute approximate surface area is 155 Å². The first kappa shape index (κ1) is 18.6. The maximum absolute atomic E-state index is 12.2. The molecule has 144 valence electrons. The Morgan fingerprint density at radius 1 is 1.33 bits per heavy atom. The molecule has 3 rings (SSSR count). The largest absolute Gasteiger partial charge is 0.337 e. The number of aromatic nitrogens is 4. The van der Waals surface area contributed by atoms with Crippen LogP contribution in [0.25, 0.3) is 0 Å². The van der Waals surface area contributed by atoms with Gasteiger partial charge in [0.05, 0.1) is 12.2 Å². The molecule has 0 aromatic carbocycles. The highest BCUT2D eigenvalue weighted by molar-refractivity contribution is 5.90. The van der Waals surface area contributed by atoms with Gasteiger partial charge < -0.3 is 10.6 Å². The number of unbranched alkanes of at least 4 members (excludes halogenated alkanes) is 1. The number of anilines is 1. The summed E-state index contributed by atoms with van der Waals surface area (Å²) < 4.78 is 1.07. The Balaban J connectivity index is 1.54. The number of urea groups is 1. The lowest BCUT2D eigenvalue weighted by atomic mass is 10.3. The number of fused-ring (bicyclic) bond motifs is 1. The molecule has 0 atom stereocenters. The second-order valence-electron chi connectivity index (χ2n) is 6.17. The lowest BCUT2D eigenvalue weighted by Gasteiger charge is -2.17. The summed E-state index contributed by atoms with van der Waals surface area (Å²) in [6, 6.07) is 2.58. The zero-order chi connectivity index (χ0) is 19.2. The molecular formula is C16H22N8O3. The summed E-state index contributed by atoms with van der Waals surface area (Å²) in [4.78, 5) is 35.7. The van der Waals surface area contributed by atoms with Crippen LogP contribution in [0.3, 0.4) is 0 Å². The summed E-state index contributed by atoms with van der Waals surface area (Å²) in [5.41, 5.74) is 4.02. The van der Waals surface area contributed by atoms with Gasteiger partial charge in [0.2, 0.25) is 5.91 Å². The summed E-state index contributed by atoms with van der Waals surface area (Å²) in [6.07, 6.45) is 3.37. The van der Waals surface area contributed by atoms with Crippen LogP contribution in [0.1, 0.15) is 31.0 Å². The predicted molar refractivity (Wildman–Crippen MR) is 96.4 cm³/mol. The van der Waals surface area contributed by atoms with Gasteiger partial charge in [-0.1, -0.05) is 13.3 Å². The first-order valence-corrected chi connectivity index (χ1v) is 8.74. The molecule has 0 spiro atoms. The van der Waals surface area contributed by atoms with Crippen molar-refractivity contribution in [3.63, 3.8) is 0 Å². The van der Waals surface area contributed by atoms with Crippen LogP contribution in [0.2, 0.25) is 0 Å². The lowest BCUT2D eigenvalue weighted by Crippen LogP contribution is -2.45. The van der Waals surface area contributed by atoms with Gasteiger partial charge in [-0.25, -0.2) is 14.5 Å². The van der Waals surface area contributed by atoms with Crippen molar-refractivity contribution in [2.75, 3.05) is 11.9 Å². The van der Waals surface area contributed by atoms with Crippen molar-refractivity contribution in [3.05, 3.63) is 39.9 Å². The fourth-order valence-corrected chi connectivity index (χ4v) is 2.70. The minimum Gasteiger partial charge on any atom is -0.337 e. The monoisotopic (exact) mass is 374 g/mol. The number of amides is 3. The molecule has 2 aromatic heterocycles. The van der Waals surface area contributed by atoms with Crippen LogP contribution >= 0.6 is 0 Å². The van der Waals surface area contributed by atoms with E-state index in [0.29, 0.717) is 25.5 Å². The third-order valence-electron chi connectivity index (χ3n) is 4.06. The van der Waals surface area contributed by atoms with Crippen molar-refractivity contribution >= 4 is 17.8 Å². The third kappa shape index (κ3) is 4.70. The molecule has 11 heteroatoms. The maximum atomic E-state index is 12.2. The Morgan fingerprint density at radius 3 is 2.96 bits per heavy atom. The number of aromatic amines is 1. The number of hydrogen-bond donors (Lipinski definition) is 4. The highest BCUT2D eigenvalue weighted by Crippen LogP contribution is 2.25. The van der Waals surface area contributed by atoms with Crippen molar-refractivity contribution in [3.8, 4) is 0 Å². The van der Waals surface area contributed by atoms with Crippen molar-refractivity contribution in [2.45, 2.75) is 39.4 Å². The maximum Gasteiger partial charge on any atom is 0.329 e. The molecule has 0 unspecified atom stereocenters. The SMILES string of the molecule is CCCCNC(=O)NN1Cc2[nH]nc(NC(=O)Cn3ncccc3=O)c2C1. The van der Waals surface area contributed by atoms with Gasteiger partial charge >= 0.3 is 6.03 Å². The quantitative estimate of drug-likeness (QED) is 0.501. The zero-order valence-electron chi connectivity index (χ0n) is 15.0. The molecule has 27 heavy (non-hydrogen) atoms. The number of carbonyl (C=O) groups is 2. The Morgan fingerprint density at radius 2 is 2.19 bits per heavy atom. The molecule has 11 nitrogen and oxygen atoms in total. The van der Waals surface area contributed by atoms with E-state index in [1.807, 2.05) is 0 Å². The van der Waals surface area contributed by atoms with Gasteiger partial charge in [-0.2, -0.15) is 10.2 Å². The van der Waals surface area contributed by atoms with Crippen molar-refractivity contribution in [2.24, 2.45) is 0 Å². The van der Waals surface area contributed by atoms with Crippen LogP contribution in [-0.2, 0) is 24.4 Å². The highest BCUT2D eigenvalue weighted by atomic mass is 16.2. The molecule has 0 radical (unpaired) electrons. The number of carbonyl (C=O) groups excluding carboxylic acids is 2. The first-order chi connectivity index (χ1) is 13.1. The Kier molecular flexibility index (Phi) is 5.81. The molecule has 1 aliphatic rings. The smallest absolute Gasteiger partial charge is 0.329 e. The Hall–Kier alpha value is -3.21. The van der Waals surface area contributed by atoms with Crippen molar-refractivity contribution in [1.82, 2.24) is 35.7 Å². The topological polar surface area (TPSA) is 137 Å². The van der Waals surface area contributed by atoms with Gasteiger partial charge in [0.25, 0.3) is 5.56 Å². The number of hydrazine groups is 1. The normalized spacial score (nSPS) is 13.2. The molecular weight excluding hydrogens is 352 g/mol. The fourth-order valence-electron chi connectivity index (χ4n) is 2.70. The Bertz CT molecular complexity index is 875. The average Bonchev–Trinajstić information content (AvgIpc) is 3.18. The summed E-state index contributed by atoms with van der Waals surface area (Å²) in [5, 5.41) is 18.0. The van der Waals surface area contributed by atoms with Crippen LogP contribution in [0, 0.1) is 0 Å². The standard InChI is InChI=1S/C16H22N8O3/c1-2-3-6-17-16(27)22-23-8-11-12(9-23)20-21-15(11)19-13(25)10-24-14(26)5-4-7-18-24/h4-5,7H,2-3,6,8-10H2,1H3,(H2,17,22,27)(H2,19,20,21,25). The van der Waals surface area contributed by atoms with E-state index in [1.54, 1.807) is 5.01 Å². The van der Waals surface area contributed by atoms with Crippen molar-refractivity contribution in [1.29, 1.82) is 0 Å². The third-order valence-corrected chi connectivity index (χ3v) is 4.06. The minimum atomic E-state index is -0.409. The molecule has 0 bridgehead atoms. The van der Waals surface area contributed by atoms with E-state index >= 15 is 0 Å². The molecule has 0 aliphatic carbocycles. The van der Waals surface area contributed by atoms with Gasteiger partial charge in [0, 0.05) is 30.9 Å². The minimum absolute atomic E-state index is 0.205. The predicted octanol–water partition coefficient (Wildman–Crippen LogP) is -0.0650. The van der Waals surface area contributed by atoms with Gasteiger partial charge in [-0.3, -0.25) is 20.1 Å². The van der Waals surface area contributed by atoms with Gasteiger partial charge in [0.15, 0.2) is 5.82 Å². The molecule has 4 N–H and O–H groups in total. The number of nitrogens with one attached hydrogen (secondary N) is 4. The molecule has 0 fully saturated rings. The van der Waals surface area contributed by atoms with E-state index in [9.17, 15) is 14.4 Å². The lowest BCUT2D eigenvalue weighted by molar-refractivity contribution is -0.117. The van der Waals surface area contributed by atoms with E-state index in [1.165, 1.54) is 18.3 Å². The highest BCUT2D eigenvalue weighted by Gasteiger charge is 2.26. The van der Waals surface area contributed by atoms with E-state index in [4.69, 9.17) is 0 Å². The average molecular weight is 374 g/mol. The second-order valence-corrected chi connectivity index (χ2v) is 6.17. The molecule has 3 heterocycles. The van der Waals surface area contributed by atoms with Crippen LogP contribution in [0.5, 0.6) is 0 Å². The molecule has 3 amide bonds. The number of rotatable bonds is 7. The van der Waals surface area contributed by atoms with Gasteiger partial charge in [0.1, 0.15) is 6.54 Å². The van der Waals surface area contributed by atoms with E-state index in [2.05, 4.69) is 38.3 Å². The van der Waals surface area contributed by atoms with Crippen LogP contribution < -0.4 is 21.6 Å². The molecule has 0 saturated carbocycles. The van der Waals surface area contributed by atoms with Gasteiger partial charge in [-0.05, 0) is 12.5 Å². The molecule has 1 aliphatic heterocycles. The zero-order valence-corrected chi connectivity index (χ0v) is 15.0. The molecule has 0 saturated heterocycles. The fraction of sp³-hybridized carbons (Fsp3) is 0.438. The van der Waals surface area contributed by atoms with Crippen LogP contribution in [0.4, 0.5) is 10.6 Å². The van der Waals surface area contributed by atoms with E-state index in [-0.39, 0.29) is 18.1 Å². The van der Waals surface area contributed by atoms with Gasteiger partial charge in [-0.15, -0.1) is 0 Å². The van der Waals surface area contributed by atoms with Crippen LogP contribution in [-0.4, -0.2) is 43.5 Å². The second kappa shape index (κ2) is 8.45. The van der Waals surface area contributed by atoms with E-state index < -0.39 is 5.91 Å². The number of nitrogens with zero attached hydrogens (tertiary/aromatic N) is 4. The van der Waals surface area contributed by atoms with Crippen LogP contribution in [0.15, 0.2) is 23.1 Å². The summed E-state index contributed by atoms with van der Waals surface area (Å²) in [7, 11) is 0. The number of hydrogen-bond acceptors (Lipinski definition) is 6. The summed E-state index contributed by atoms with van der Waals surface area (Å²) >= 11 is 0. The van der Waals surface area contributed by atoms with E-state index in [0.717, 1.165) is 28.8 Å². The summed E-state index contributed by atoms with van der Waals surface area (Å²) in [5.74, 6) is -0.0245. The number of H-pyrrole nitrogens is 1.